The van der Waals surface area contributed by atoms with Gasteiger partial charge in [0.25, 0.3) is 11.8 Å². The van der Waals surface area contributed by atoms with Crippen molar-refractivity contribution in [1.82, 2.24) is 10.9 Å². The molecular formula is C30H26ClN3O6. The quantitative estimate of drug-likeness (QED) is 0.267. The van der Waals surface area contributed by atoms with Crippen LogP contribution in [-0.4, -0.2) is 36.2 Å². The van der Waals surface area contributed by atoms with Gasteiger partial charge in [0.1, 0.15) is 0 Å². The molecule has 3 atom stereocenters. The third-order valence-corrected chi connectivity index (χ3v) is 7.57. The van der Waals surface area contributed by atoms with Crippen LogP contribution in [0, 0.1) is 11.8 Å². The van der Waals surface area contributed by atoms with E-state index in [1.165, 1.54) is 59.0 Å². The molecule has 1 saturated carbocycles. The molecule has 1 aliphatic carbocycles. The highest BCUT2D eigenvalue weighted by atomic mass is 35.5. The highest BCUT2D eigenvalue weighted by Gasteiger charge is 2.50. The molecule has 10 heteroatoms. The van der Waals surface area contributed by atoms with Gasteiger partial charge in [0.05, 0.1) is 23.1 Å². The van der Waals surface area contributed by atoms with E-state index in [0.717, 1.165) is 6.42 Å². The summed E-state index contributed by atoms with van der Waals surface area (Å²) in [5.74, 6) is -2.98. The highest BCUT2D eigenvalue weighted by molar-refractivity contribution is 6.30. The maximum atomic E-state index is 13.3. The molecule has 2 N–H and O–H groups in total. The van der Waals surface area contributed by atoms with Gasteiger partial charge in [-0.2, -0.15) is 0 Å². The van der Waals surface area contributed by atoms with Crippen LogP contribution in [0.25, 0.3) is 0 Å². The van der Waals surface area contributed by atoms with E-state index in [-0.39, 0.29) is 40.7 Å². The number of halogens is 1. The molecule has 2 aliphatic rings. The minimum atomic E-state index is -0.774. The van der Waals surface area contributed by atoms with Crippen LogP contribution in [0.4, 0.5) is 5.69 Å². The maximum absolute atomic E-state index is 13.3. The number of benzene rings is 3. The lowest BCUT2D eigenvalue weighted by molar-refractivity contribution is -0.125. The van der Waals surface area contributed by atoms with E-state index < -0.39 is 24.4 Å². The van der Waals surface area contributed by atoms with Crippen LogP contribution in [0.2, 0.25) is 5.02 Å². The number of anilines is 1. The summed E-state index contributed by atoms with van der Waals surface area (Å²) in [6, 6.07) is 22.0. The van der Waals surface area contributed by atoms with E-state index in [2.05, 4.69) is 23.0 Å². The molecule has 0 bridgehead atoms. The number of carbonyl (C=O) groups is 5. The molecule has 0 aromatic heterocycles. The Balaban J connectivity index is 1.14. The van der Waals surface area contributed by atoms with Crippen molar-refractivity contribution in [1.29, 1.82) is 0 Å². The lowest BCUT2D eigenvalue weighted by Gasteiger charge is -2.28. The molecule has 204 valence electrons. The van der Waals surface area contributed by atoms with Crippen LogP contribution in [0.3, 0.4) is 0 Å². The fourth-order valence-corrected chi connectivity index (χ4v) is 5.38. The molecule has 4 amide bonds. The zero-order valence-corrected chi connectivity index (χ0v) is 22.1. The molecule has 1 saturated heterocycles. The van der Waals surface area contributed by atoms with Crippen molar-refractivity contribution in [3.8, 4) is 0 Å². The summed E-state index contributed by atoms with van der Waals surface area (Å²) in [7, 11) is 0. The van der Waals surface area contributed by atoms with Gasteiger partial charge in [0.15, 0.2) is 6.61 Å². The standard InChI is InChI=1S/C30H26ClN3O6/c31-22-11-6-19(7-12-22)27(36)33-32-26(35)17-40-30(39)20-8-13-23(14-9-20)34-28(37)24-15-10-21(16-25(24)29(34)38)18-4-2-1-3-5-18/h1-9,11-14,21,24-25H,10,15-17H2,(H,32,35)(H,33,36)/t21-,24+,25+/m0/s1. The van der Waals surface area contributed by atoms with Crippen LogP contribution in [0.15, 0.2) is 78.9 Å². The van der Waals surface area contributed by atoms with Gasteiger partial charge in [-0.1, -0.05) is 41.9 Å². The number of esters is 1. The largest absolute Gasteiger partial charge is 0.452 e. The van der Waals surface area contributed by atoms with Crippen LogP contribution in [0.5, 0.6) is 0 Å². The molecular weight excluding hydrogens is 534 g/mol. The average molecular weight is 560 g/mol. The van der Waals surface area contributed by atoms with Crippen LogP contribution >= 0.6 is 11.6 Å². The van der Waals surface area contributed by atoms with Crippen molar-refractivity contribution in [3.63, 3.8) is 0 Å². The fraction of sp³-hybridized carbons (Fsp3) is 0.233. The number of hydrazine groups is 1. The normalized spacial score (nSPS) is 20.0. The molecule has 9 nitrogen and oxygen atoms in total. The first-order valence-electron chi connectivity index (χ1n) is 12.9. The monoisotopic (exact) mass is 559 g/mol. The van der Waals surface area contributed by atoms with Crippen molar-refractivity contribution in [2.24, 2.45) is 11.8 Å². The second-order valence-corrected chi connectivity index (χ2v) is 10.2. The molecule has 3 aromatic carbocycles. The van der Waals surface area contributed by atoms with E-state index in [9.17, 15) is 24.0 Å². The average Bonchev–Trinajstić information content (AvgIpc) is 3.24. The lowest BCUT2D eigenvalue weighted by atomic mass is 9.73. The Morgan fingerprint density at radius 3 is 2.15 bits per heavy atom. The Labute approximate surface area is 235 Å². The summed E-state index contributed by atoms with van der Waals surface area (Å²) in [6.45, 7) is -0.628. The SMILES string of the molecule is O=C(COC(=O)c1ccc(N2C(=O)[C@@H]3CC[C@H](c4ccccc4)C[C@H]3C2=O)cc1)NNC(=O)c1ccc(Cl)cc1. The number of ether oxygens (including phenoxy) is 1. The molecule has 1 heterocycles. The number of fused-ring (bicyclic) bond motifs is 1. The van der Waals surface area contributed by atoms with Crippen LogP contribution in [0.1, 0.15) is 51.5 Å². The number of carbonyl (C=O) groups excluding carboxylic acids is 5. The summed E-state index contributed by atoms with van der Waals surface area (Å²) >= 11 is 5.79. The van der Waals surface area contributed by atoms with Crippen molar-refractivity contribution in [3.05, 3.63) is 101 Å². The summed E-state index contributed by atoms with van der Waals surface area (Å²) in [4.78, 5) is 64.1. The van der Waals surface area contributed by atoms with E-state index in [1.54, 1.807) is 0 Å². The second kappa shape index (κ2) is 11.7. The van der Waals surface area contributed by atoms with Gasteiger partial charge >= 0.3 is 5.97 Å². The topological polar surface area (TPSA) is 122 Å². The molecule has 0 radical (unpaired) electrons. The molecule has 0 unspecified atom stereocenters. The number of hydrogen-bond acceptors (Lipinski definition) is 6. The smallest absolute Gasteiger partial charge is 0.338 e. The Morgan fingerprint density at radius 2 is 1.45 bits per heavy atom. The van der Waals surface area contributed by atoms with Gasteiger partial charge in [-0.15, -0.1) is 0 Å². The van der Waals surface area contributed by atoms with Crippen molar-refractivity contribution in [2.75, 3.05) is 11.5 Å². The molecule has 3 aromatic rings. The molecule has 5 rings (SSSR count). The second-order valence-electron chi connectivity index (χ2n) is 9.78. The minimum absolute atomic E-state index is 0.141. The van der Waals surface area contributed by atoms with E-state index >= 15 is 0 Å². The predicted molar refractivity (Wildman–Crippen MR) is 146 cm³/mol. The molecule has 0 spiro atoms. The molecule has 2 fully saturated rings. The number of rotatable bonds is 6. The van der Waals surface area contributed by atoms with Crippen molar-refractivity contribution in [2.45, 2.75) is 25.2 Å². The Hall–Kier alpha value is -4.50. The highest BCUT2D eigenvalue weighted by Crippen LogP contribution is 2.45. The third-order valence-electron chi connectivity index (χ3n) is 7.31. The Kier molecular flexibility index (Phi) is 7.93. The van der Waals surface area contributed by atoms with E-state index in [4.69, 9.17) is 16.3 Å². The molecule has 40 heavy (non-hydrogen) atoms. The molecule has 1 aliphatic heterocycles. The summed E-state index contributed by atoms with van der Waals surface area (Å²) in [5, 5.41) is 0.467. The van der Waals surface area contributed by atoms with Crippen molar-refractivity contribution < 1.29 is 28.7 Å². The van der Waals surface area contributed by atoms with Gasteiger partial charge in [0.2, 0.25) is 11.8 Å². The lowest BCUT2D eigenvalue weighted by Crippen LogP contribution is -2.43. The minimum Gasteiger partial charge on any atom is -0.452 e. The number of amides is 4. The van der Waals surface area contributed by atoms with Crippen LogP contribution < -0.4 is 15.8 Å². The van der Waals surface area contributed by atoms with Crippen molar-refractivity contribution >= 4 is 46.9 Å². The van der Waals surface area contributed by atoms with E-state index in [1.807, 2.05) is 18.2 Å². The first kappa shape index (κ1) is 27.1. The Bertz CT molecular complexity index is 1440. The van der Waals surface area contributed by atoms with Gasteiger partial charge in [-0.3, -0.25) is 34.9 Å². The van der Waals surface area contributed by atoms with Gasteiger partial charge in [-0.05, 0) is 79.3 Å². The predicted octanol–water partition coefficient (Wildman–Crippen LogP) is 4.03. The number of nitrogens with one attached hydrogen (secondary N) is 2. The fourth-order valence-electron chi connectivity index (χ4n) is 5.26. The Morgan fingerprint density at radius 1 is 0.800 bits per heavy atom. The third kappa shape index (κ3) is 5.74. The number of imide groups is 1. The maximum Gasteiger partial charge on any atom is 0.338 e. The van der Waals surface area contributed by atoms with Gasteiger partial charge < -0.3 is 4.74 Å². The first-order valence-corrected chi connectivity index (χ1v) is 13.2. The number of nitrogens with zero attached hydrogens (tertiary/aromatic N) is 1. The van der Waals surface area contributed by atoms with Crippen LogP contribution in [-0.2, 0) is 19.1 Å². The van der Waals surface area contributed by atoms with Gasteiger partial charge in [0, 0.05) is 10.6 Å². The number of hydrogen-bond donors (Lipinski definition) is 2. The summed E-state index contributed by atoms with van der Waals surface area (Å²) < 4.78 is 5.02. The summed E-state index contributed by atoms with van der Waals surface area (Å²) in [5.41, 5.74) is 6.38. The van der Waals surface area contributed by atoms with Gasteiger partial charge in [-0.25, -0.2) is 4.79 Å². The summed E-state index contributed by atoms with van der Waals surface area (Å²) in [6.07, 6.45) is 2.13. The van der Waals surface area contributed by atoms with E-state index in [0.29, 0.717) is 23.6 Å². The zero-order chi connectivity index (χ0) is 28.2. The zero-order valence-electron chi connectivity index (χ0n) is 21.3. The first-order chi connectivity index (χ1) is 19.3.